The number of hydrogen-bond acceptors (Lipinski definition) is 3. The highest BCUT2D eigenvalue weighted by atomic mass is 35.5. The Balaban J connectivity index is 1.81. The summed E-state index contributed by atoms with van der Waals surface area (Å²) >= 11 is 12.1. The molecule has 0 saturated carbocycles. The van der Waals surface area contributed by atoms with E-state index in [4.69, 9.17) is 23.2 Å². The van der Waals surface area contributed by atoms with Gasteiger partial charge in [0.15, 0.2) is 0 Å². The molecule has 28 heavy (non-hydrogen) atoms. The monoisotopic (exact) mass is 421 g/mol. The highest BCUT2D eigenvalue weighted by Gasteiger charge is 2.13. The Morgan fingerprint density at radius 2 is 1.61 bits per heavy atom. The number of halogens is 2. The molecular formula is C21H25Cl2N3O2. The Kier molecular flexibility index (Phi) is 7.87. The first-order valence-corrected chi connectivity index (χ1v) is 9.75. The van der Waals surface area contributed by atoms with Crippen LogP contribution in [-0.4, -0.2) is 24.9 Å². The van der Waals surface area contributed by atoms with Crippen molar-refractivity contribution in [2.75, 3.05) is 18.4 Å². The van der Waals surface area contributed by atoms with Crippen LogP contribution in [0.3, 0.4) is 0 Å². The van der Waals surface area contributed by atoms with Crippen LogP contribution in [0, 0.1) is 20.8 Å². The smallest absolute Gasteiger partial charge is 0.243 e. The lowest BCUT2D eigenvalue weighted by Gasteiger charge is -2.16. The first kappa shape index (κ1) is 22.2. The average molecular weight is 422 g/mol. The molecule has 1 atom stereocenters. The topological polar surface area (TPSA) is 70.2 Å². The largest absolute Gasteiger partial charge is 0.346 e. The lowest BCUT2D eigenvalue weighted by molar-refractivity contribution is -0.123. The summed E-state index contributed by atoms with van der Waals surface area (Å²) in [5.41, 5.74) is 4.76. The molecule has 0 spiro atoms. The van der Waals surface area contributed by atoms with Crippen LogP contribution in [0.25, 0.3) is 0 Å². The number of carbonyl (C=O) groups is 2. The maximum atomic E-state index is 12.2. The Morgan fingerprint density at radius 1 is 0.964 bits per heavy atom. The SMILES string of the molecule is Cc1cc(C)c(NC(=O)CNC(=O)CN[C@H](C)c2ccc(Cl)cc2Cl)c(C)c1. The molecule has 0 aliphatic heterocycles. The molecule has 0 unspecified atom stereocenters. The summed E-state index contributed by atoms with van der Waals surface area (Å²) in [4.78, 5) is 24.2. The van der Waals surface area contributed by atoms with Gasteiger partial charge in [-0.25, -0.2) is 0 Å². The summed E-state index contributed by atoms with van der Waals surface area (Å²) in [5, 5.41) is 9.66. The summed E-state index contributed by atoms with van der Waals surface area (Å²) in [5.74, 6) is -0.540. The maximum Gasteiger partial charge on any atom is 0.243 e. The minimum absolute atomic E-state index is 0.0655. The van der Waals surface area contributed by atoms with Crippen molar-refractivity contribution in [3.8, 4) is 0 Å². The number of hydrogen-bond donors (Lipinski definition) is 3. The van der Waals surface area contributed by atoms with Crippen LogP contribution in [0.5, 0.6) is 0 Å². The van der Waals surface area contributed by atoms with Gasteiger partial charge < -0.3 is 16.0 Å². The van der Waals surface area contributed by atoms with E-state index < -0.39 is 0 Å². The summed E-state index contributed by atoms with van der Waals surface area (Å²) in [6.45, 7) is 7.78. The molecular weight excluding hydrogens is 397 g/mol. The van der Waals surface area contributed by atoms with Gasteiger partial charge in [-0.3, -0.25) is 9.59 Å². The molecule has 0 aromatic heterocycles. The molecule has 3 N–H and O–H groups in total. The second-order valence-electron chi connectivity index (χ2n) is 6.87. The minimum atomic E-state index is -0.274. The van der Waals surface area contributed by atoms with E-state index >= 15 is 0 Å². The van der Waals surface area contributed by atoms with Crippen molar-refractivity contribution < 1.29 is 9.59 Å². The predicted octanol–water partition coefficient (Wildman–Crippen LogP) is 4.32. The van der Waals surface area contributed by atoms with Crippen molar-refractivity contribution in [2.24, 2.45) is 0 Å². The van der Waals surface area contributed by atoms with Gasteiger partial charge in [0.25, 0.3) is 0 Å². The van der Waals surface area contributed by atoms with Gasteiger partial charge in [-0.15, -0.1) is 0 Å². The molecule has 5 nitrogen and oxygen atoms in total. The third-order valence-corrected chi connectivity index (χ3v) is 4.95. The molecule has 2 rings (SSSR count). The highest BCUT2D eigenvalue weighted by molar-refractivity contribution is 6.35. The molecule has 0 heterocycles. The summed E-state index contributed by atoms with van der Waals surface area (Å²) in [6, 6.07) is 9.11. The average Bonchev–Trinajstić information content (AvgIpc) is 2.61. The van der Waals surface area contributed by atoms with E-state index in [1.54, 1.807) is 12.1 Å². The third kappa shape index (κ3) is 6.23. The van der Waals surface area contributed by atoms with Crippen LogP contribution in [0.1, 0.15) is 35.2 Å². The molecule has 0 saturated heterocycles. The quantitative estimate of drug-likeness (QED) is 0.622. The van der Waals surface area contributed by atoms with Crippen LogP contribution < -0.4 is 16.0 Å². The van der Waals surface area contributed by atoms with Gasteiger partial charge in [-0.2, -0.15) is 0 Å². The van der Waals surface area contributed by atoms with Crippen molar-refractivity contribution in [3.63, 3.8) is 0 Å². The number of nitrogens with one attached hydrogen (secondary N) is 3. The van der Waals surface area contributed by atoms with Crippen LogP contribution in [-0.2, 0) is 9.59 Å². The fraction of sp³-hybridized carbons (Fsp3) is 0.333. The summed E-state index contributed by atoms with van der Waals surface area (Å²) in [6.07, 6.45) is 0. The zero-order valence-electron chi connectivity index (χ0n) is 16.5. The van der Waals surface area contributed by atoms with Crippen molar-refractivity contribution in [2.45, 2.75) is 33.7 Å². The molecule has 0 radical (unpaired) electrons. The molecule has 0 fully saturated rings. The van der Waals surface area contributed by atoms with E-state index in [-0.39, 0.29) is 30.9 Å². The van der Waals surface area contributed by atoms with E-state index in [1.165, 1.54) is 0 Å². The Bertz CT molecular complexity index is 861. The zero-order chi connectivity index (χ0) is 20.8. The minimum Gasteiger partial charge on any atom is -0.346 e. The van der Waals surface area contributed by atoms with Crippen LogP contribution in [0.15, 0.2) is 30.3 Å². The zero-order valence-corrected chi connectivity index (χ0v) is 18.0. The maximum absolute atomic E-state index is 12.2. The fourth-order valence-corrected chi connectivity index (χ4v) is 3.58. The summed E-state index contributed by atoms with van der Waals surface area (Å²) in [7, 11) is 0. The molecule has 7 heteroatoms. The van der Waals surface area contributed by atoms with E-state index in [0.717, 1.165) is 27.9 Å². The van der Waals surface area contributed by atoms with Crippen molar-refractivity contribution in [3.05, 3.63) is 62.6 Å². The fourth-order valence-electron chi connectivity index (χ4n) is 3.01. The normalized spacial score (nSPS) is 11.8. The van der Waals surface area contributed by atoms with E-state index in [9.17, 15) is 9.59 Å². The molecule has 2 amide bonds. The van der Waals surface area contributed by atoms with E-state index in [1.807, 2.05) is 45.9 Å². The Hall–Kier alpha value is -2.08. The Morgan fingerprint density at radius 3 is 2.21 bits per heavy atom. The first-order chi connectivity index (χ1) is 13.2. The van der Waals surface area contributed by atoms with Gasteiger partial charge in [0.1, 0.15) is 0 Å². The molecule has 2 aromatic carbocycles. The molecule has 0 aliphatic carbocycles. The number of benzene rings is 2. The van der Waals surface area contributed by atoms with Gasteiger partial charge >= 0.3 is 0 Å². The van der Waals surface area contributed by atoms with Gasteiger partial charge in [-0.05, 0) is 56.5 Å². The van der Waals surface area contributed by atoms with Crippen LogP contribution in [0.4, 0.5) is 5.69 Å². The van der Waals surface area contributed by atoms with Gasteiger partial charge in [0, 0.05) is 21.8 Å². The number of amides is 2. The van der Waals surface area contributed by atoms with Crippen molar-refractivity contribution in [1.82, 2.24) is 10.6 Å². The van der Waals surface area contributed by atoms with Gasteiger partial charge in [0.2, 0.25) is 11.8 Å². The van der Waals surface area contributed by atoms with Crippen LogP contribution >= 0.6 is 23.2 Å². The lowest BCUT2D eigenvalue weighted by atomic mass is 10.1. The van der Waals surface area contributed by atoms with Crippen LogP contribution in [0.2, 0.25) is 10.0 Å². The van der Waals surface area contributed by atoms with E-state index in [0.29, 0.717) is 10.0 Å². The Labute approximate surface area is 175 Å². The molecule has 150 valence electrons. The lowest BCUT2D eigenvalue weighted by Crippen LogP contribution is -2.39. The van der Waals surface area contributed by atoms with Crippen molar-refractivity contribution in [1.29, 1.82) is 0 Å². The number of rotatable bonds is 7. The predicted molar refractivity (Wildman–Crippen MR) is 115 cm³/mol. The molecule has 2 aromatic rings. The highest BCUT2D eigenvalue weighted by Crippen LogP contribution is 2.26. The second-order valence-corrected chi connectivity index (χ2v) is 7.71. The standard InChI is InChI=1S/C21H25Cl2N3O2/c1-12-7-13(2)21(14(3)8-12)26-20(28)11-25-19(27)10-24-15(4)17-6-5-16(22)9-18(17)23/h5-9,15,24H,10-11H2,1-4H3,(H,25,27)(H,26,28)/t15-/m1/s1. The first-order valence-electron chi connectivity index (χ1n) is 9.00. The molecule has 0 bridgehead atoms. The van der Waals surface area contributed by atoms with Gasteiger partial charge in [0.05, 0.1) is 13.1 Å². The number of anilines is 1. The third-order valence-electron chi connectivity index (χ3n) is 4.39. The molecule has 0 aliphatic rings. The van der Waals surface area contributed by atoms with Gasteiger partial charge in [-0.1, -0.05) is 47.0 Å². The van der Waals surface area contributed by atoms with Crippen molar-refractivity contribution >= 4 is 40.7 Å². The number of carbonyl (C=O) groups excluding carboxylic acids is 2. The summed E-state index contributed by atoms with van der Waals surface area (Å²) < 4.78 is 0. The second kappa shape index (κ2) is 9.92. The number of aryl methyl sites for hydroxylation is 3. The van der Waals surface area contributed by atoms with E-state index in [2.05, 4.69) is 16.0 Å².